The Bertz CT molecular complexity index is 602. The number of hydrogen-bond acceptors (Lipinski definition) is 2. The summed E-state index contributed by atoms with van der Waals surface area (Å²) in [7, 11) is 1.97. The number of benzene rings is 2. The first-order valence-corrected chi connectivity index (χ1v) is 6.46. The molecule has 3 heteroatoms. The lowest BCUT2D eigenvalue weighted by molar-refractivity contribution is 0.112. The number of anilines is 2. The number of hydrogen-bond donors (Lipinski definition) is 0. The number of nitrogens with zero attached hydrogens (tertiary/aromatic N) is 1. The Morgan fingerprint density at radius 2 is 1.68 bits per heavy atom. The molecule has 0 bridgehead atoms. The molecule has 2 aromatic carbocycles. The third kappa shape index (κ3) is 2.96. The second-order valence-electron chi connectivity index (χ2n) is 4.73. The molecule has 0 aromatic heterocycles. The van der Waals surface area contributed by atoms with Gasteiger partial charge in [-0.3, -0.25) is 4.79 Å². The van der Waals surface area contributed by atoms with E-state index in [1.165, 1.54) is 11.1 Å². The maximum absolute atomic E-state index is 10.7. The largest absolute Gasteiger partial charge is 0.343 e. The molecule has 0 fully saturated rings. The molecule has 19 heavy (non-hydrogen) atoms. The summed E-state index contributed by atoms with van der Waals surface area (Å²) < 4.78 is 0. The summed E-state index contributed by atoms with van der Waals surface area (Å²) in [5.74, 6) is 0. The van der Waals surface area contributed by atoms with Gasteiger partial charge in [0, 0.05) is 18.3 Å². The van der Waals surface area contributed by atoms with Gasteiger partial charge in [0.05, 0.1) is 10.7 Å². The molecule has 0 aliphatic rings. The zero-order valence-electron chi connectivity index (χ0n) is 11.3. The van der Waals surface area contributed by atoms with E-state index in [0.717, 1.165) is 17.7 Å². The van der Waals surface area contributed by atoms with Gasteiger partial charge in [0.1, 0.15) is 6.29 Å². The number of carbonyl (C=O) groups is 1. The van der Waals surface area contributed by atoms with E-state index in [2.05, 4.69) is 32.0 Å². The van der Waals surface area contributed by atoms with Crippen molar-refractivity contribution >= 4 is 29.3 Å². The van der Waals surface area contributed by atoms with Crippen LogP contribution in [0.5, 0.6) is 0 Å². The van der Waals surface area contributed by atoms with E-state index in [1.54, 1.807) is 12.1 Å². The van der Waals surface area contributed by atoms with Gasteiger partial charge in [-0.05, 0) is 55.3 Å². The molecule has 98 valence electrons. The van der Waals surface area contributed by atoms with E-state index in [-0.39, 0.29) is 0 Å². The van der Waals surface area contributed by atoms with E-state index in [4.69, 9.17) is 11.6 Å². The van der Waals surface area contributed by atoms with Crippen molar-refractivity contribution in [3.8, 4) is 0 Å². The Kier molecular flexibility index (Phi) is 3.91. The fraction of sp³-hybridized carbons (Fsp3) is 0.188. The van der Waals surface area contributed by atoms with Gasteiger partial charge in [0.2, 0.25) is 0 Å². The van der Waals surface area contributed by atoms with Crippen molar-refractivity contribution in [3.63, 3.8) is 0 Å². The number of rotatable bonds is 3. The van der Waals surface area contributed by atoms with E-state index < -0.39 is 0 Å². The van der Waals surface area contributed by atoms with Crippen LogP contribution in [0.3, 0.4) is 0 Å². The van der Waals surface area contributed by atoms with Crippen LogP contribution < -0.4 is 4.90 Å². The lowest BCUT2D eigenvalue weighted by atomic mass is 10.1. The summed E-state index contributed by atoms with van der Waals surface area (Å²) in [6.07, 6.45) is 0.798. The molecule has 2 rings (SSSR count). The molecule has 0 saturated carbocycles. The summed E-state index contributed by atoms with van der Waals surface area (Å²) in [4.78, 5) is 12.8. The van der Waals surface area contributed by atoms with Gasteiger partial charge in [-0.2, -0.15) is 0 Å². The first kappa shape index (κ1) is 13.6. The standard InChI is InChI=1S/C16H16ClNO/c1-11-6-12(2)8-14(7-11)18(3)16-5-4-13(10-19)9-15(16)17/h4-10H,1-3H3. The highest BCUT2D eigenvalue weighted by molar-refractivity contribution is 6.33. The first-order valence-electron chi connectivity index (χ1n) is 6.08. The molecule has 0 saturated heterocycles. The Morgan fingerprint density at radius 1 is 1.05 bits per heavy atom. The number of carbonyl (C=O) groups excluding carboxylic acids is 1. The topological polar surface area (TPSA) is 20.3 Å². The molecule has 0 spiro atoms. The molecule has 2 nitrogen and oxygen atoms in total. The molecule has 0 aliphatic heterocycles. The molecule has 0 amide bonds. The lowest BCUT2D eigenvalue weighted by Crippen LogP contribution is -2.10. The average molecular weight is 274 g/mol. The van der Waals surface area contributed by atoms with E-state index in [1.807, 2.05) is 18.0 Å². The minimum Gasteiger partial charge on any atom is -0.343 e. The summed E-state index contributed by atoms with van der Waals surface area (Å²) in [6.45, 7) is 4.14. The summed E-state index contributed by atoms with van der Waals surface area (Å²) >= 11 is 6.23. The van der Waals surface area contributed by atoms with Crippen LogP contribution in [0.25, 0.3) is 0 Å². The van der Waals surface area contributed by atoms with Crippen LogP contribution in [-0.2, 0) is 0 Å². The normalized spacial score (nSPS) is 10.3. The average Bonchev–Trinajstić information content (AvgIpc) is 2.36. The highest BCUT2D eigenvalue weighted by Gasteiger charge is 2.09. The van der Waals surface area contributed by atoms with Crippen molar-refractivity contribution in [2.45, 2.75) is 13.8 Å². The molecular weight excluding hydrogens is 258 g/mol. The SMILES string of the molecule is Cc1cc(C)cc(N(C)c2ccc(C=O)cc2Cl)c1. The van der Waals surface area contributed by atoms with Gasteiger partial charge in [-0.1, -0.05) is 17.7 Å². The fourth-order valence-corrected chi connectivity index (χ4v) is 2.47. The molecule has 0 aliphatic carbocycles. The minimum absolute atomic E-state index is 0.575. The summed E-state index contributed by atoms with van der Waals surface area (Å²) in [5.41, 5.74) is 4.98. The maximum atomic E-state index is 10.7. The smallest absolute Gasteiger partial charge is 0.150 e. The van der Waals surface area contributed by atoms with Crippen molar-refractivity contribution in [2.24, 2.45) is 0 Å². The van der Waals surface area contributed by atoms with E-state index in [0.29, 0.717) is 10.6 Å². The Labute approximate surface area is 118 Å². The molecule has 0 unspecified atom stereocenters. The van der Waals surface area contributed by atoms with Gasteiger partial charge < -0.3 is 4.90 Å². The van der Waals surface area contributed by atoms with Crippen molar-refractivity contribution in [2.75, 3.05) is 11.9 Å². The zero-order chi connectivity index (χ0) is 14.0. The van der Waals surface area contributed by atoms with E-state index in [9.17, 15) is 4.79 Å². The summed E-state index contributed by atoms with van der Waals surface area (Å²) in [5, 5.41) is 0.575. The quantitative estimate of drug-likeness (QED) is 0.766. The predicted octanol–water partition coefficient (Wildman–Crippen LogP) is 4.54. The first-order chi connectivity index (χ1) is 9.01. The maximum Gasteiger partial charge on any atom is 0.150 e. The van der Waals surface area contributed by atoms with E-state index >= 15 is 0 Å². The van der Waals surface area contributed by atoms with Gasteiger partial charge in [0.25, 0.3) is 0 Å². The van der Waals surface area contributed by atoms with Crippen LogP contribution in [0, 0.1) is 13.8 Å². The van der Waals surface area contributed by atoms with Crippen LogP contribution in [0.1, 0.15) is 21.5 Å². The molecule has 0 heterocycles. The van der Waals surface area contributed by atoms with Crippen LogP contribution >= 0.6 is 11.6 Å². The Hall–Kier alpha value is -1.80. The molecule has 0 atom stereocenters. The predicted molar refractivity (Wildman–Crippen MR) is 80.8 cm³/mol. The second kappa shape index (κ2) is 5.45. The van der Waals surface area contributed by atoms with Crippen LogP contribution in [0.2, 0.25) is 5.02 Å². The van der Waals surface area contributed by atoms with Gasteiger partial charge in [-0.15, -0.1) is 0 Å². The van der Waals surface area contributed by atoms with Gasteiger partial charge in [-0.25, -0.2) is 0 Å². The van der Waals surface area contributed by atoms with Crippen LogP contribution in [-0.4, -0.2) is 13.3 Å². The highest BCUT2D eigenvalue weighted by Crippen LogP contribution is 2.31. The number of aryl methyl sites for hydroxylation is 2. The number of aldehydes is 1. The van der Waals surface area contributed by atoms with Gasteiger partial charge in [0.15, 0.2) is 0 Å². The highest BCUT2D eigenvalue weighted by atomic mass is 35.5. The molecule has 2 aromatic rings. The fourth-order valence-electron chi connectivity index (χ4n) is 2.15. The second-order valence-corrected chi connectivity index (χ2v) is 5.14. The Balaban J connectivity index is 2.43. The third-order valence-corrected chi connectivity index (χ3v) is 3.37. The minimum atomic E-state index is 0.575. The lowest BCUT2D eigenvalue weighted by Gasteiger charge is -2.22. The van der Waals surface area contributed by atoms with Crippen molar-refractivity contribution in [1.82, 2.24) is 0 Å². The van der Waals surface area contributed by atoms with Crippen LogP contribution in [0.15, 0.2) is 36.4 Å². The number of halogens is 1. The summed E-state index contributed by atoms with van der Waals surface area (Å²) in [6, 6.07) is 11.7. The molecule has 0 radical (unpaired) electrons. The zero-order valence-corrected chi connectivity index (χ0v) is 12.0. The van der Waals surface area contributed by atoms with Crippen molar-refractivity contribution in [3.05, 3.63) is 58.1 Å². The van der Waals surface area contributed by atoms with Gasteiger partial charge >= 0.3 is 0 Å². The Morgan fingerprint density at radius 3 is 2.21 bits per heavy atom. The monoisotopic (exact) mass is 273 g/mol. The van der Waals surface area contributed by atoms with Crippen LogP contribution in [0.4, 0.5) is 11.4 Å². The van der Waals surface area contributed by atoms with Crippen molar-refractivity contribution in [1.29, 1.82) is 0 Å². The third-order valence-electron chi connectivity index (χ3n) is 3.06. The molecular formula is C16H16ClNO. The van der Waals surface area contributed by atoms with Crippen molar-refractivity contribution < 1.29 is 4.79 Å². The molecule has 0 N–H and O–H groups in total.